The van der Waals surface area contributed by atoms with E-state index in [9.17, 15) is 18.0 Å². The number of nitrogens with zero attached hydrogens (tertiary/aromatic N) is 3. The second-order valence-corrected chi connectivity index (χ2v) is 11.5. The van der Waals surface area contributed by atoms with Gasteiger partial charge in [-0.15, -0.1) is 0 Å². The summed E-state index contributed by atoms with van der Waals surface area (Å²) in [6, 6.07) is 11.0. The fraction of sp³-hybridized carbons (Fsp3) is 0.269. The van der Waals surface area contributed by atoms with Gasteiger partial charge in [-0.05, 0) is 85.8 Å². The molecule has 0 aliphatic carbocycles. The molecule has 0 radical (unpaired) electrons. The monoisotopic (exact) mass is 555 g/mol. The summed E-state index contributed by atoms with van der Waals surface area (Å²) in [4.78, 5) is 31.9. The van der Waals surface area contributed by atoms with Crippen LogP contribution in [0.5, 0.6) is 0 Å². The first-order chi connectivity index (χ1) is 16.5. The maximum Gasteiger partial charge on any atom is 0.252 e. The number of anilines is 1. The number of rotatable bonds is 6. The summed E-state index contributed by atoms with van der Waals surface area (Å²) < 4.78 is 30.4. The van der Waals surface area contributed by atoms with Crippen molar-refractivity contribution >= 4 is 43.5 Å². The molecule has 1 atom stereocenters. The van der Waals surface area contributed by atoms with Crippen LogP contribution in [0.3, 0.4) is 0 Å². The fourth-order valence-corrected chi connectivity index (χ4v) is 6.83. The molecule has 1 aliphatic rings. The van der Waals surface area contributed by atoms with E-state index in [1.807, 2.05) is 19.9 Å². The van der Waals surface area contributed by atoms with Crippen LogP contribution in [0.15, 0.2) is 64.2 Å². The number of aryl methyl sites for hydroxylation is 2. The van der Waals surface area contributed by atoms with Crippen LogP contribution < -0.4 is 4.90 Å². The molecule has 4 rings (SSSR count). The van der Waals surface area contributed by atoms with Crippen LogP contribution in [0.4, 0.5) is 5.69 Å². The van der Waals surface area contributed by atoms with Gasteiger partial charge in [0.2, 0.25) is 15.9 Å². The van der Waals surface area contributed by atoms with Crippen LogP contribution in [0, 0.1) is 27.7 Å². The van der Waals surface area contributed by atoms with E-state index in [4.69, 9.17) is 0 Å². The predicted octanol–water partition coefficient (Wildman–Crippen LogP) is 4.60. The van der Waals surface area contributed by atoms with E-state index in [0.29, 0.717) is 22.4 Å². The maximum atomic E-state index is 14.2. The average molecular weight is 556 g/mol. The van der Waals surface area contributed by atoms with E-state index >= 15 is 0 Å². The zero-order valence-electron chi connectivity index (χ0n) is 19.9. The maximum absolute atomic E-state index is 14.2. The lowest BCUT2D eigenvalue weighted by Crippen LogP contribution is -2.45. The Morgan fingerprint density at radius 1 is 1.03 bits per heavy atom. The van der Waals surface area contributed by atoms with Gasteiger partial charge >= 0.3 is 0 Å². The van der Waals surface area contributed by atoms with Crippen molar-refractivity contribution in [2.75, 3.05) is 4.90 Å². The zero-order valence-corrected chi connectivity index (χ0v) is 22.4. The lowest BCUT2D eigenvalue weighted by molar-refractivity contribution is -0.122. The van der Waals surface area contributed by atoms with Crippen molar-refractivity contribution in [2.24, 2.45) is 0 Å². The topological polar surface area (TPSA) is 87.7 Å². The van der Waals surface area contributed by atoms with Crippen LogP contribution in [0.1, 0.15) is 34.2 Å². The van der Waals surface area contributed by atoms with Gasteiger partial charge in [0.1, 0.15) is 6.04 Å². The van der Waals surface area contributed by atoms with Crippen molar-refractivity contribution < 1.29 is 18.0 Å². The third-order valence-electron chi connectivity index (χ3n) is 6.48. The van der Waals surface area contributed by atoms with Crippen molar-refractivity contribution in [1.29, 1.82) is 0 Å². The molecule has 1 aromatic heterocycles. The first-order valence-corrected chi connectivity index (χ1v) is 13.4. The minimum atomic E-state index is -4.16. The second kappa shape index (κ2) is 9.64. The molecular formula is C26H26BrN3O4S. The van der Waals surface area contributed by atoms with Crippen LogP contribution in [0.2, 0.25) is 0 Å². The predicted molar refractivity (Wildman–Crippen MR) is 137 cm³/mol. The zero-order chi connectivity index (χ0) is 25.5. The summed E-state index contributed by atoms with van der Waals surface area (Å²) in [6.45, 7) is 7.19. The van der Waals surface area contributed by atoms with Crippen LogP contribution in [-0.4, -0.2) is 35.6 Å². The Hall–Kier alpha value is -2.88. The van der Waals surface area contributed by atoms with Crippen LogP contribution in [0.25, 0.3) is 0 Å². The molecule has 182 valence electrons. The molecule has 9 heteroatoms. The largest absolute Gasteiger partial charge is 0.274 e. The van der Waals surface area contributed by atoms with E-state index in [-0.39, 0.29) is 17.9 Å². The average Bonchev–Trinajstić information content (AvgIpc) is 3.10. The number of carbonyl (C=O) groups excluding carboxylic acids is 2. The highest BCUT2D eigenvalue weighted by atomic mass is 79.9. The van der Waals surface area contributed by atoms with Crippen LogP contribution >= 0.6 is 15.9 Å². The van der Waals surface area contributed by atoms with Gasteiger partial charge in [-0.1, -0.05) is 28.1 Å². The minimum Gasteiger partial charge on any atom is -0.274 e. The first kappa shape index (κ1) is 25.2. The van der Waals surface area contributed by atoms with Gasteiger partial charge in [0.05, 0.1) is 17.0 Å². The van der Waals surface area contributed by atoms with E-state index in [1.165, 1.54) is 0 Å². The number of hydrogen-bond acceptors (Lipinski definition) is 5. The van der Waals surface area contributed by atoms with Crippen molar-refractivity contribution in [1.82, 2.24) is 9.29 Å². The molecule has 1 fully saturated rings. The number of amides is 2. The van der Waals surface area contributed by atoms with Gasteiger partial charge in [-0.3, -0.25) is 14.6 Å². The summed E-state index contributed by atoms with van der Waals surface area (Å²) in [5, 5.41) is 0. The Morgan fingerprint density at radius 2 is 1.66 bits per heavy atom. The van der Waals surface area contributed by atoms with Gasteiger partial charge in [0, 0.05) is 23.4 Å². The molecule has 0 bridgehead atoms. The molecule has 1 aliphatic heterocycles. The number of pyridine rings is 1. The Morgan fingerprint density at radius 3 is 2.23 bits per heavy atom. The summed E-state index contributed by atoms with van der Waals surface area (Å²) in [7, 11) is -4.16. The van der Waals surface area contributed by atoms with Crippen molar-refractivity contribution in [3.63, 3.8) is 0 Å². The third kappa shape index (κ3) is 4.68. The summed E-state index contributed by atoms with van der Waals surface area (Å²) in [5.74, 6) is -1.01. The minimum absolute atomic E-state index is 0.0834. The molecule has 0 saturated carbocycles. The molecule has 2 amide bonds. The summed E-state index contributed by atoms with van der Waals surface area (Å²) in [5.41, 5.74) is 3.98. The van der Waals surface area contributed by atoms with Gasteiger partial charge in [0.25, 0.3) is 5.91 Å². The summed E-state index contributed by atoms with van der Waals surface area (Å²) >= 11 is 3.35. The highest BCUT2D eigenvalue weighted by Gasteiger charge is 2.47. The Kier molecular flexibility index (Phi) is 6.95. The van der Waals surface area contributed by atoms with Gasteiger partial charge in [-0.2, -0.15) is 4.31 Å². The van der Waals surface area contributed by atoms with E-state index in [2.05, 4.69) is 20.9 Å². The first-order valence-electron chi connectivity index (χ1n) is 11.1. The van der Waals surface area contributed by atoms with Crippen LogP contribution in [-0.2, 0) is 26.2 Å². The molecule has 1 saturated heterocycles. The Bertz CT molecular complexity index is 1380. The quantitative estimate of drug-likeness (QED) is 0.415. The Balaban J connectivity index is 1.84. The van der Waals surface area contributed by atoms with Crippen molar-refractivity contribution in [2.45, 2.75) is 51.6 Å². The number of halogens is 1. The molecule has 7 nitrogen and oxygen atoms in total. The molecule has 3 aromatic rings. The number of benzene rings is 2. The molecular weight excluding hydrogens is 530 g/mol. The van der Waals surface area contributed by atoms with Crippen molar-refractivity contribution in [3.05, 3.63) is 87.1 Å². The second-order valence-electron chi connectivity index (χ2n) is 8.76. The summed E-state index contributed by atoms with van der Waals surface area (Å²) in [6.07, 6.45) is 2.93. The number of carbonyl (C=O) groups is 2. The number of sulfonamides is 1. The Labute approximate surface area is 214 Å². The van der Waals surface area contributed by atoms with Crippen molar-refractivity contribution in [3.8, 4) is 0 Å². The molecule has 1 unspecified atom stereocenters. The lowest BCUT2D eigenvalue weighted by Gasteiger charge is -2.29. The highest BCUT2D eigenvalue weighted by molar-refractivity contribution is 9.10. The fourth-order valence-electron chi connectivity index (χ4n) is 4.42. The molecule has 2 heterocycles. The molecule has 0 spiro atoms. The van der Waals surface area contributed by atoms with Gasteiger partial charge in [0.15, 0.2) is 0 Å². The molecule has 2 aromatic carbocycles. The lowest BCUT2D eigenvalue weighted by atomic mass is 10.0. The normalized spacial score (nSPS) is 16.4. The SMILES string of the molecule is Cc1cc(C)c(C)c(S(=O)(=O)N(Cc2cccnc2)C2CC(=O)N(c3ccc(Br)cc3)C2=O)c1C. The smallest absolute Gasteiger partial charge is 0.252 e. The number of aromatic nitrogens is 1. The highest BCUT2D eigenvalue weighted by Crippen LogP contribution is 2.34. The van der Waals surface area contributed by atoms with E-state index in [0.717, 1.165) is 24.8 Å². The molecule has 0 N–H and O–H groups in total. The number of hydrogen-bond donors (Lipinski definition) is 0. The van der Waals surface area contributed by atoms with Gasteiger partial charge in [-0.25, -0.2) is 13.3 Å². The van der Waals surface area contributed by atoms with Gasteiger partial charge < -0.3 is 0 Å². The van der Waals surface area contributed by atoms with E-state index in [1.54, 1.807) is 62.6 Å². The van der Waals surface area contributed by atoms with E-state index < -0.39 is 27.9 Å². The third-order valence-corrected chi connectivity index (χ3v) is 9.14. The standard InChI is InChI=1S/C26H26BrN3O4S/c1-16-12-17(2)19(4)25(18(16)3)35(33,34)29(15-20-6-5-11-28-14-20)23-13-24(31)30(26(23)32)22-9-7-21(27)8-10-22/h5-12,14,23H,13,15H2,1-4H3. The number of imide groups is 1. The molecule has 35 heavy (non-hydrogen) atoms.